The molecule has 1 saturated heterocycles. The number of nitrogens with one attached hydrogen (secondary N) is 3. The molecule has 0 bridgehead atoms. The zero-order valence-corrected chi connectivity index (χ0v) is 15.2. The molecule has 0 unspecified atom stereocenters. The third-order valence-corrected chi connectivity index (χ3v) is 4.55. The Labute approximate surface area is 162 Å². The number of carbonyl (C=O) groups excluding carboxylic acids is 1. The lowest BCUT2D eigenvalue weighted by Crippen LogP contribution is -2.45. The molecule has 0 saturated carbocycles. The smallest absolute Gasteiger partial charge is 0.335 e. The first-order chi connectivity index (χ1) is 13.5. The Morgan fingerprint density at radius 2 is 1.79 bits per heavy atom. The molecule has 28 heavy (non-hydrogen) atoms. The number of aliphatic hydroxyl groups is 1. The third kappa shape index (κ3) is 5.29. The van der Waals surface area contributed by atoms with E-state index in [1.807, 2.05) is 18.2 Å². The van der Waals surface area contributed by atoms with E-state index < -0.39 is 18.2 Å². The van der Waals surface area contributed by atoms with E-state index in [0.29, 0.717) is 18.8 Å². The van der Waals surface area contributed by atoms with Crippen LogP contribution in [0.2, 0.25) is 0 Å². The minimum atomic E-state index is -0.967. The van der Waals surface area contributed by atoms with Crippen LogP contribution in [0.3, 0.4) is 0 Å². The van der Waals surface area contributed by atoms with Gasteiger partial charge in [-0.1, -0.05) is 30.3 Å². The molecule has 3 rings (SSSR count). The van der Waals surface area contributed by atoms with Crippen LogP contribution in [0, 0.1) is 0 Å². The predicted molar refractivity (Wildman–Crippen MR) is 103 cm³/mol. The fourth-order valence-electron chi connectivity index (χ4n) is 2.95. The molecule has 0 aliphatic carbocycles. The molecule has 1 heterocycles. The second kappa shape index (κ2) is 9.32. The Morgan fingerprint density at radius 1 is 1.07 bits per heavy atom. The van der Waals surface area contributed by atoms with Crippen molar-refractivity contribution in [3.63, 3.8) is 0 Å². The number of para-hydroxylation sites is 1. The second-order valence-electron chi connectivity index (χ2n) is 6.55. The number of carbonyl (C=O) groups is 2. The molecular formula is C20H23N3O5. The van der Waals surface area contributed by atoms with Crippen molar-refractivity contribution < 1.29 is 24.5 Å². The Bertz CT molecular complexity index is 797. The second-order valence-corrected chi connectivity index (χ2v) is 6.55. The predicted octanol–water partition coefficient (Wildman–Crippen LogP) is 1.42. The van der Waals surface area contributed by atoms with Crippen LogP contribution in [-0.2, 0) is 11.3 Å². The van der Waals surface area contributed by atoms with E-state index in [2.05, 4.69) is 16.0 Å². The zero-order chi connectivity index (χ0) is 19.9. The number of anilines is 1. The van der Waals surface area contributed by atoms with Crippen LogP contribution in [0.5, 0.6) is 0 Å². The van der Waals surface area contributed by atoms with Crippen LogP contribution in [0.1, 0.15) is 15.9 Å². The van der Waals surface area contributed by atoms with E-state index in [-0.39, 0.29) is 24.2 Å². The highest BCUT2D eigenvalue weighted by Crippen LogP contribution is 2.15. The molecule has 0 spiro atoms. The minimum Gasteiger partial charge on any atom is -0.478 e. The lowest BCUT2D eigenvalue weighted by molar-refractivity contribution is 0.0428. The van der Waals surface area contributed by atoms with Gasteiger partial charge in [0.1, 0.15) is 6.10 Å². The van der Waals surface area contributed by atoms with E-state index in [1.54, 1.807) is 36.4 Å². The van der Waals surface area contributed by atoms with Gasteiger partial charge in [0.25, 0.3) is 0 Å². The highest BCUT2D eigenvalue weighted by atomic mass is 16.5. The van der Waals surface area contributed by atoms with Crippen molar-refractivity contribution in [3.8, 4) is 0 Å². The largest absolute Gasteiger partial charge is 0.478 e. The molecule has 2 aromatic rings. The van der Waals surface area contributed by atoms with Gasteiger partial charge in [0.05, 0.1) is 24.3 Å². The maximum absolute atomic E-state index is 11.9. The van der Waals surface area contributed by atoms with Crippen LogP contribution in [-0.4, -0.2) is 53.6 Å². The summed E-state index contributed by atoms with van der Waals surface area (Å²) in [5.74, 6) is -0.967. The number of urea groups is 1. The van der Waals surface area contributed by atoms with Gasteiger partial charge in [0, 0.05) is 18.8 Å². The fourth-order valence-corrected chi connectivity index (χ4v) is 2.95. The summed E-state index contributed by atoms with van der Waals surface area (Å²) >= 11 is 0. The number of rotatable bonds is 7. The van der Waals surface area contributed by atoms with Crippen molar-refractivity contribution in [2.24, 2.45) is 0 Å². The van der Waals surface area contributed by atoms with Crippen molar-refractivity contribution in [2.75, 3.05) is 18.5 Å². The monoisotopic (exact) mass is 385 g/mol. The van der Waals surface area contributed by atoms with Gasteiger partial charge in [0.2, 0.25) is 0 Å². The molecule has 1 aliphatic heterocycles. The lowest BCUT2D eigenvalue weighted by atomic mass is 10.1. The summed E-state index contributed by atoms with van der Waals surface area (Å²) < 4.78 is 5.58. The molecule has 2 aromatic carbocycles. The number of hydrogen-bond donors (Lipinski definition) is 5. The van der Waals surface area contributed by atoms with Crippen molar-refractivity contribution in [1.82, 2.24) is 10.6 Å². The van der Waals surface area contributed by atoms with E-state index in [0.717, 1.165) is 5.56 Å². The number of amides is 2. The van der Waals surface area contributed by atoms with Crippen molar-refractivity contribution in [2.45, 2.75) is 24.8 Å². The molecule has 1 fully saturated rings. The fraction of sp³-hybridized carbons (Fsp3) is 0.300. The first-order valence-corrected chi connectivity index (χ1v) is 8.98. The number of ether oxygens (including phenoxy) is 1. The molecule has 8 heteroatoms. The number of benzene rings is 2. The van der Waals surface area contributed by atoms with Crippen LogP contribution in [0.4, 0.5) is 10.5 Å². The summed E-state index contributed by atoms with van der Waals surface area (Å²) in [5, 5.41) is 27.9. The number of carboxylic acid groups (broad SMARTS) is 1. The Morgan fingerprint density at radius 3 is 2.46 bits per heavy atom. The highest BCUT2D eigenvalue weighted by molar-refractivity contribution is 5.89. The number of aliphatic hydroxyl groups excluding tert-OH is 1. The van der Waals surface area contributed by atoms with Crippen molar-refractivity contribution >= 4 is 17.7 Å². The van der Waals surface area contributed by atoms with E-state index in [4.69, 9.17) is 9.84 Å². The van der Waals surface area contributed by atoms with E-state index >= 15 is 0 Å². The van der Waals surface area contributed by atoms with Gasteiger partial charge >= 0.3 is 12.0 Å². The van der Waals surface area contributed by atoms with Gasteiger partial charge in [-0.3, -0.25) is 0 Å². The topological polar surface area (TPSA) is 120 Å². The van der Waals surface area contributed by atoms with Gasteiger partial charge in [-0.25, -0.2) is 9.59 Å². The molecule has 148 valence electrons. The molecule has 0 radical (unpaired) electrons. The molecule has 5 N–H and O–H groups in total. The first kappa shape index (κ1) is 19.8. The van der Waals surface area contributed by atoms with Crippen LogP contribution in [0.15, 0.2) is 54.6 Å². The highest BCUT2D eigenvalue weighted by Gasteiger charge is 2.35. The number of carboxylic acids is 1. The average Bonchev–Trinajstić information content (AvgIpc) is 3.05. The summed E-state index contributed by atoms with van der Waals surface area (Å²) in [7, 11) is 0. The van der Waals surface area contributed by atoms with Gasteiger partial charge in [0.15, 0.2) is 0 Å². The van der Waals surface area contributed by atoms with Crippen molar-refractivity contribution in [3.05, 3.63) is 65.7 Å². The van der Waals surface area contributed by atoms with Gasteiger partial charge < -0.3 is 30.9 Å². The van der Waals surface area contributed by atoms with Crippen LogP contribution < -0.4 is 16.0 Å². The van der Waals surface area contributed by atoms with Gasteiger partial charge in [-0.2, -0.15) is 0 Å². The third-order valence-electron chi connectivity index (χ3n) is 4.55. The quantitative estimate of drug-likeness (QED) is 0.492. The summed E-state index contributed by atoms with van der Waals surface area (Å²) in [5.41, 5.74) is 1.82. The molecule has 8 nitrogen and oxygen atoms in total. The van der Waals surface area contributed by atoms with Gasteiger partial charge in [-0.05, 0) is 29.8 Å². The lowest BCUT2D eigenvalue weighted by Gasteiger charge is -2.19. The van der Waals surface area contributed by atoms with Crippen molar-refractivity contribution in [1.29, 1.82) is 0 Å². The summed E-state index contributed by atoms with van der Waals surface area (Å²) in [6.07, 6.45) is -1.27. The minimum absolute atomic E-state index is 0.186. The number of aromatic carboxylic acids is 1. The molecule has 3 atom stereocenters. The molecule has 2 amide bonds. The maximum Gasteiger partial charge on any atom is 0.335 e. The Hall–Kier alpha value is -2.94. The normalized spacial score (nSPS) is 21.2. The number of hydrogen-bond acceptors (Lipinski definition) is 5. The summed E-state index contributed by atoms with van der Waals surface area (Å²) in [6.45, 7) is 0.978. The maximum atomic E-state index is 11.9. The molecule has 1 aliphatic rings. The average molecular weight is 385 g/mol. The SMILES string of the molecule is O=C(NC[C@H]1OC[C@@H](NCc2ccc(C(=O)O)cc2)[C@@H]1O)Nc1ccccc1. The Balaban J connectivity index is 1.42. The standard InChI is InChI=1S/C20H23N3O5/c24-18-16(21-10-13-6-8-14(9-7-13)19(25)26)12-28-17(18)11-22-20(27)23-15-4-2-1-3-5-15/h1-9,16-18,21,24H,10-12H2,(H,25,26)(H2,22,23,27)/t16-,17-,18+/m1/s1. The van der Waals surface area contributed by atoms with E-state index in [9.17, 15) is 14.7 Å². The molecular weight excluding hydrogens is 362 g/mol. The Kier molecular flexibility index (Phi) is 6.59. The zero-order valence-electron chi connectivity index (χ0n) is 15.2. The molecule has 0 aromatic heterocycles. The van der Waals surface area contributed by atoms with Crippen LogP contribution >= 0.6 is 0 Å². The summed E-state index contributed by atoms with van der Waals surface area (Å²) in [6, 6.07) is 15.0. The summed E-state index contributed by atoms with van der Waals surface area (Å²) in [4.78, 5) is 22.8. The van der Waals surface area contributed by atoms with Gasteiger partial charge in [-0.15, -0.1) is 0 Å². The van der Waals surface area contributed by atoms with Crippen LogP contribution in [0.25, 0.3) is 0 Å². The van der Waals surface area contributed by atoms with E-state index in [1.165, 1.54) is 0 Å². The first-order valence-electron chi connectivity index (χ1n) is 8.98.